The van der Waals surface area contributed by atoms with Gasteiger partial charge in [-0.1, -0.05) is 18.2 Å². The number of nitrogens with zero attached hydrogens (tertiary/aromatic N) is 2. The second-order valence-corrected chi connectivity index (χ2v) is 5.30. The van der Waals surface area contributed by atoms with E-state index in [0.29, 0.717) is 5.56 Å². The van der Waals surface area contributed by atoms with Gasteiger partial charge in [0.2, 0.25) is 5.91 Å². The van der Waals surface area contributed by atoms with Crippen molar-refractivity contribution >= 4 is 11.8 Å². The molecular formula is C16H20N4O2. The van der Waals surface area contributed by atoms with Gasteiger partial charge in [-0.15, -0.1) is 0 Å². The van der Waals surface area contributed by atoms with Crippen molar-refractivity contribution in [1.82, 2.24) is 20.4 Å². The van der Waals surface area contributed by atoms with Crippen molar-refractivity contribution in [1.29, 1.82) is 0 Å². The van der Waals surface area contributed by atoms with Crippen LogP contribution >= 0.6 is 0 Å². The Bertz CT molecular complexity index is 662. The van der Waals surface area contributed by atoms with Gasteiger partial charge in [-0.3, -0.25) is 9.59 Å². The lowest BCUT2D eigenvalue weighted by Gasteiger charge is -2.09. The molecule has 116 valence electrons. The van der Waals surface area contributed by atoms with Crippen LogP contribution in [-0.4, -0.2) is 34.2 Å². The Morgan fingerprint density at radius 1 is 1.23 bits per heavy atom. The van der Waals surface area contributed by atoms with E-state index in [4.69, 9.17) is 0 Å². The van der Waals surface area contributed by atoms with Crippen molar-refractivity contribution in [3.05, 3.63) is 47.8 Å². The number of rotatable bonds is 5. The SMILES string of the molecule is Cc1c(C(=O)NCC(=O)NC(C)C)cnn1-c1ccccc1. The van der Waals surface area contributed by atoms with E-state index in [1.165, 1.54) is 6.20 Å². The lowest BCUT2D eigenvalue weighted by molar-refractivity contribution is -0.120. The summed E-state index contributed by atoms with van der Waals surface area (Å²) in [5.74, 6) is -0.518. The largest absolute Gasteiger partial charge is 0.352 e. The third-order valence-electron chi connectivity index (χ3n) is 3.11. The molecule has 0 radical (unpaired) electrons. The Hall–Kier alpha value is -2.63. The minimum absolute atomic E-state index is 0.0481. The van der Waals surface area contributed by atoms with Crippen molar-refractivity contribution in [2.45, 2.75) is 26.8 Å². The lowest BCUT2D eigenvalue weighted by atomic mass is 10.2. The summed E-state index contributed by atoms with van der Waals surface area (Å²) in [5.41, 5.74) is 2.07. The Kier molecular flexibility index (Phi) is 4.93. The van der Waals surface area contributed by atoms with Gasteiger partial charge in [-0.25, -0.2) is 4.68 Å². The van der Waals surface area contributed by atoms with Crippen LogP contribution < -0.4 is 10.6 Å². The molecule has 0 aliphatic rings. The fourth-order valence-electron chi connectivity index (χ4n) is 2.09. The number of nitrogens with one attached hydrogen (secondary N) is 2. The highest BCUT2D eigenvalue weighted by atomic mass is 16.2. The number of amides is 2. The number of carbonyl (C=O) groups excluding carboxylic acids is 2. The van der Waals surface area contributed by atoms with Crippen LogP contribution in [0.5, 0.6) is 0 Å². The molecule has 2 rings (SSSR count). The highest BCUT2D eigenvalue weighted by Gasteiger charge is 2.15. The first-order valence-corrected chi connectivity index (χ1v) is 7.16. The number of carbonyl (C=O) groups is 2. The zero-order valence-electron chi connectivity index (χ0n) is 13.0. The number of hydrogen-bond acceptors (Lipinski definition) is 3. The summed E-state index contributed by atoms with van der Waals surface area (Å²) in [6.45, 7) is 5.51. The zero-order valence-corrected chi connectivity index (χ0v) is 13.0. The molecule has 22 heavy (non-hydrogen) atoms. The Balaban J connectivity index is 2.06. The number of para-hydroxylation sites is 1. The Morgan fingerprint density at radius 3 is 2.55 bits per heavy atom. The smallest absolute Gasteiger partial charge is 0.255 e. The summed E-state index contributed by atoms with van der Waals surface area (Å²) >= 11 is 0. The summed E-state index contributed by atoms with van der Waals surface area (Å²) in [4.78, 5) is 23.7. The molecule has 2 amide bonds. The second kappa shape index (κ2) is 6.89. The zero-order chi connectivity index (χ0) is 16.1. The predicted molar refractivity (Wildman–Crippen MR) is 83.9 cm³/mol. The third kappa shape index (κ3) is 3.72. The molecule has 1 heterocycles. The van der Waals surface area contributed by atoms with Gasteiger partial charge < -0.3 is 10.6 Å². The van der Waals surface area contributed by atoms with E-state index in [2.05, 4.69) is 15.7 Å². The minimum Gasteiger partial charge on any atom is -0.352 e. The number of hydrogen-bond donors (Lipinski definition) is 2. The molecule has 0 bridgehead atoms. The third-order valence-corrected chi connectivity index (χ3v) is 3.11. The highest BCUT2D eigenvalue weighted by Crippen LogP contribution is 2.13. The molecule has 1 aromatic carbocycles. The molecule has 0 aliphatic carbocycles. The molecule has 1 aromatic heterocycles. The van der Waals surface area contributed by atoms with E-state index in [9.17, 15) is 9.59 Å². The van der Waals surface area contributed by atoms with Crippen molar-refractivity contribution in [3.63, 3.8) is 0 Å². The molecular weight excluding hydrogens is 280 g/mol. The molecule has 0 aliphatic heterocycles. The fourth-order valence-corrected chi connectivity index (χ4v) is 2.09. The van der Waals surface area contributed by atoms with Crippen LogP contribution in [0, 0.1) is 6.92 Å². The topological polar surface area (TPSA) is 76.0 Å². The van der Waals surface area contributed by atoms with Crippen LogP contribution in [0.1, 0.15) is 29.9 Å². The average molecular weight is 300 g/mol. The maximum atomic E-state index is 12.2. The molecule has 6 heteroatoms. The van der Waals surface area contributed by atoms with E-state index >= 15 is 0 Å². The normalized spacial score (nSPS) is 10.5. The lowest BCUT2D eigenvalue weighted by Crippen LogP contribution is -2.39. The molecule has 0 atom stereocenters. The van der Waals surface area contributed by atoms with Crippen molar-refractivity contribution < 1.29 is 9.59 Å². The predicted octanol–water partition coefficient (Wildman–Crippen LogP) is 1.44. The maximum Gasteiger partial charge on any atom is 0.255 e. The fraction of sp³-hybridized carbons (Fsp3) is 0.312. The summed E-state index contributed by atoms with van der Waals surface area (Å²) in [5, 5.41) is 9.56. The Morgan fingerprint density at radius 2 is 1.91 bits per heavy atom. The van der Waals surface area contributed by atoms with Crippen molar-refractivity contribution in [2.24, 2.45) is 0 Å². The molecule has 6 nitrogen and oxygen atoms in total. The number of benzene rings is 1. The first-order chi connectivity index (χ1) is 10.5. The van der Waals surface area contributed by atoms with Gasteiger partial charge in [-0.05, 0) is 32.9 Å². The summed E-state index contributed by atoms with van der Waals surface area (Å²) in [6, 6.07) is 9.62. The molecule has 2 aromatic rings. The highest BCUT2D eigenvalue weighted by molar-refractivity contribution is 5.97. The van der Waals surface area contributed by atoms with Gasteiger partial charge in [0.05, 0.1) is 29.7 Å². The van der Waals surface area contributed by atoms with Crippen LogP contribution in [-0.2, 0) is 4.79 Å². The van der Waals surface area contributed by atoms with Gasteiger partial charge in [-0.2, -0.15) is 5.10 Å². The van der Waals surface area contributed by atoms with Gasteiger partial charge in [0, 0.05) is 6.04 Å². The minimum atomic E-state index is -0.307. The van der Waals surface area contributed by atoms with Crippen molar-refractivity contribution in [2.75, 3.05) is 6.54 Å². The van der Waals surface area contributed by atoms with Crippen LogP contribution in [0.4, 0.5) is 0 Å². The van der Waals surface area contributed by atoms with E-state index in [1.54, 1.807) is 4.68 Å². The molecule has 0 saturated carbocycles. The van der Waals surface area contributed by atoms with E-state index in [-0.39, 0.29) is 24.4 Å². The van der Waals surface area contributed by atoms with Gasteiger partial charge in [0.25, 0.3) is 5.91 Å². The van der Waals surface area contributed by atoms with Crippen LogP contribution in [0.3, 0.4) is 0 Å². The molecule has 2 N–H and O–H groups in total. The van der Waals surface area contributed by atoms with Crippen LogP contribution in [0.15, 0.2) is 36.5 Å². The number of aromatic nitrogens is 2. The quantitative estimate of drug-likeness (QED) is 0.877. The van der Waals surface area contributed by atoms with E-state index in [1.807, 2.05) is 51.1 Å². The first kappa shape index (κ1) is 15.8. The van der Waals surface area contributed by atoms with Gasteiger partial charge in [0.1, 0.15) is 0 Å². The monoisotopic (exact) mass is 300 g/mol. The Labute approximate surface area is 129 Å². The molecule has 0 fully saturated rings. The summed E-state index contributed by atoms with van der Waals surface area (Å²) in [6.07, 6.45) is 1.51. The summed E-state index contributed by atoms with van der Waals surface area (Å²) < 4.78 is 1.70. The second-order valence-electron chi connectivity index (χ2n) is 5.30. The standard InChI is InChI=1S/C16H20N4O2/c1-11(2)19-15(21)10-17-16(22)14-9-18-20(12(14)3)13-7-5-4-6-8-13/h4-9,11H,10H2,1-3H3,(H,17,22)(H,19,21). The van der Waals surface area contributed by atoms with Crippen LogP contribution in [0.2, 0.25) is 0 Å². The maximum absolute atomic E-state index is 12.2. The van der Waals surface area contributed by atoms with E-state index in [0.717, 1.165) is 11.4 Å². The molecule has 0 unspecified atom stereocenters. The van der Waals surface area contributed by atoms with E-state index < -0.39 is 0 Å². The van der Waals surface area contributed by atoms with Gasteiger partial charge >= 0.3 is 0 Å². The van der Waals surface area contributed by atoms with Crippen LogP contribution in [0.25, 0.3) is 5.69 Å². The van der Waals surface area contributed by atoms with Gasteiger partial charge in [0.15, 0.2) is 0 Å². The van der Waals surface area contributed by atoms with Crippen molar-refractivity contribution in [3.8, 4) is 5.69 Å². The summed E-state index contributed by atoms with van der Waals surface area (Å²) in [7, 11) is 0. The average Bonchev–Trinajstić information content (AvgIpc) is 2.87. The first-order valence-electron chi connectivity index (χ1n) is 7.16. The molecule has 0 saturated heterocycles. The molecule has 0 spiro atoms.